The quantitative estimate of drug-likeness (QED) is 0.157. The number of aryl methyl sites for hydroxylation is 1. The first-order chi connectivity index (χ1) is 22.8. The van der Waals surface area contributed by atoms with E-state index >= 15 is 0 Å². The van der Waals surface area contributed by atoms with E-state index < -0.39 is 34.4 Å². The number of nitrogens with one attached hydrogen (secondary N) is 1. The lowest BCUT2D eigenvalue weighted by Gasteiger charge is -2.34. The third-order valence-corrected chi connectivity index (χ3v) is 10.1. The molecule has 0 heterocycles. The Morgan fingerprint density at radius 2 is 1.50 bits per heavy atom. The summed E-state index contributed by atoms with van der Waals surface area (Å²) in [5.74, 6) is -0.553. The molecule has 0 aliphatic heterocycles. The van der Waals surface area contributed by atoms with E-state index in [1.807, 2.05) is 51.1 Å². The molecule has 254 valence electrons. The van der Waals surface area contributed by atoms with Crippen LogP contribution in [0.5, 0.6) is 11.5 Å². The number of nitrogens with zero attached hydrogens (tertiary/aromatic N) is 2. The molecule has 0 aromatic heterocycles. The van der Waals surface area contributed by atoms with Crippen LogP contribution < -0.4 is 19.1 Å². The Balaban J connectivity index is 1.90. The van der Waals surface area contributed by atoms with Gasteiger partial charge in [-0.25, -0.2) is 8.42 Å². The zero-order valence-corrected chi connectivity index (χ0v) is 29.8. The number of carbonyl (C=O) groups is 2. The molecule has 0 unspecified atom stereocenters. The zero-order chi connectivity index (χ0) is 35.0. The van der Waals surface area contributed by atoms with E-state index in [0.29, 0.717) is 21.4 Å². The van der Waals surface area contributed by atoms with Crippen LogP contribution in [0.4, 0.5) is 5.69 Å². The number of hydrogen-bond acceptors (Lipinski definition) is 6. The van der Waals surface area contributed by atoms with Gasteiger partial charge < -0.3 is 19.7 Å². The summed E-state index contributed by atoms with van der Waals surface area (Å²) in [4.78, 5) is 30.0. The van der Waals surface area contributed by atoms with E-state index in [9.17, 15) is 18.0 Å². The average Bonchev–Trinajstić information content (AvgIpc) is 3.06. The highest BCUT2D eigenvalue weighted by Crippen LogP contribution is 2.36. The van der Waals surface area contributed by atoms with Gasteiger partial charge in [-0.1, -0.05) is 77.3 Å². The standard InChI is InChI=1S/C36H39Cl2N3O6S/c1-24(2)39-36(43)33(20-26-10-7-6-8-11-26)40(22-29-30(37)12-9-13-31(29)38)35(42)23-41(32-21-27(46-4)16-19-34(32)47-5)48(44,45)28-17-14-25(3)15-18-28/h6-19,21,24,33H,20,22-23H2,1-5H3,(H,39,43)/t33-/m0/s1. The van der Waals surface area contributed by atoms with Crippen molar-refractivity contribution in [3.63, 3.8) is 0 Å². The van der Waals surface area contributed by atoms with Crippen molar-refractivity contribution < 1.29 is 27.5 Å². The van der Waals surface area contributed by atoms with Crippen molar-refractivity contribution in [2.45, 2.75) is 50.7 Å². The fourth-order valence-corrected chi connectivity index (χ4v) is 7.06. The SMILES string of the molecule is COc1ccc(OC)c(N(CC(=O)N(Cc2c(Cl)cccc2Cl)[C@@H](Cc2ccccc2)C(=O)NC(C)C)S(=O)(=O)c2ccc(C)cc2)c1. The van der Waals surface area contributed by atoms with Gasteiger partial charge in [0.1, 0.15) is 24.1 Å². The minimum absolute atomic E-state index is 0.0372. The van der Waals surface area contributed by atoms with Crippen molar-refractivity contribution in [1.29, 1.82) is 0 Å². The lowest BCUT2D eigenvalue weighted by molar-refractivity contribution is -0.140. The van der Waals surface area contributed by atoms with Crippen LogP contribution in [0.25, 0.3) is 0 Å². The Morgan fingerprint density at radius 3 is 2.08 bits per heavy atom. The molecule has 0 saturated heterocycles. The first kappa shape index (κ1) is 36.6. The Hall–Kier alpha value is -4.25. The van der Waals surface area contributed by atoms with Gasteiger partial charge in [-0.15, -0.1) is 0 Å². The van der Waals surface area contributed by atoms with Crippen LogP contribution in [0, 0.1) is 6.92 Å². The van der Waals surface area contributed by atoms with E-state index in [-0.39, 0.29) is 35.3 Å². The van der Waals surface area contributed by atoms with Crippen molar-refractivity contribution in [1.82, 2.24) is 10.2 Å². The molecular weight excluding hydrogens is 673 g/mol. The highest BCUT2D eigenvalue weighted by Gasteiger charge is 2.36. The number of methoxy groups -OCH3 is 2. The molecule has 0 spiro atoms. The second-order valence-electron chi connectivity index (χ2n) is 11.5. The minimum atomic E-state index is -4.37. The number of carbonyl (C=O) groups excluding carboxylic acids is 2. The van der Waals surface area contributed by atoms with Crippen molar-refractivity contribution in [2.24, 2.45) is 0 Å². The van der Waals surface area contributed by atoms with E-state index in [0.717, 1.165) is 15.4 Å². The predicted octanol–water partition coefficient (Wildman–Crippen LogP) is 6.68. The number of rotatable bonds is 14. The maximum Gasteiger partial charge on any atom is 0.264 e. The number of anilines is 1. The van der Waals surface area contributed by atoms with Gasteiger partial charge >= 0.3 is 0 Å². The molecule has 0 saturated carbocycles. The summed E-state index contributed by atoms with van der Waals surface area (Å²) >= 11 is 13.2. The second-order valence-corrected chi connectivity index (χ2v) is 14.1. The number of sulfonamides is 1. The molecule has 48 heavy (non-hydrogen) atoms. The Labute approximate surface area is 292 Å². The third kappa shape index (κ3) is 8.80. The predicted molar refractivity (Wildman–Crippen MR) is 189 cm³/mol. The smallest absolute Gasteiger partial charge is 0.264 e. The summed E-state index contributed by atoms with van der Waals surface area (Å²) in [5.41, 5.74) is 2.14. The van der Waals surface area contributed by atoms with E-state index in [4.69, 9.17) is 32.7 Å². The summed E-state index contributed by atoms with van der Waals surface area (Å²) in [5, 5.41) is 3.51. The van der Waals surface area contributed by atoms with Gasteiger partial charge in [0.05, 0.1) is 24.8 Å². The van der Waals surface area contributed by atoms with Crippen molar-refractivity contribution >= 4 is 50.7 Å². The molecule has 1 N–H and O–H groups in total. The second kappa shape index (κ2) is 16.2. The normalized spacial score (nSPS) is 11.9. The van der Waals surface area contributed by atoms with Crippen molar-refractivity contribution in [3.8, 4) is 11.5 Å². The van der Waals surface area contributed by atoms with Crippen LogP contribution in [0.3, 0.4) is 0 Å². The number of halogens is 2. The average molecular weight is 713 g/mol. The number of hydrogen-bond donors (Lipinski definition) is 1. The zero-order valence-electron chi connectivity index (χ0n) is 27.4. The molecule has 4 aromatic carbocycles. The van der Waals surface area contributed by atoms with Gasteiger partial charge in [0, 0.05) is 40.7 Å². The largest absolute Gasteiger partial charge is 0.497 e. The summed E-state index contributed by atoms with van der Waals surface area (Å²) in [7, 11) is -1.52. The van der Waals surface area contributed by atoms with Crippen LogP contribution in [0.1, 0.15) is 30.5 Å². The lowest BCUT2D eigenvalue weighted by Crippen LogP contribution is -2.54. The van der Waals surface area contributed by atoms with Crippen LogP contribution in [0.2, 0.25) is 10.0 Å². The summed E-state index contributed by atoms with van der Waals surface area (Å²) in [6.45, 7) is 4.62. The Kier molecular flexibility index (Phi) is 12.4. The topological polar surface area (TPSA) is 105 Å². The van der Waals surface area contributed by atoms with Crippen molar-refractivity contribution in [3.05, 3.63) is 118 Å². The molecule has 0 bridgehead atoms. The molecule has 0 radical (unpaired) electrons. The van der Waals surface area contributed by atoms with Gasteiger partial charge in [0.25, 0.3) is 10.0 Å². The van der Waals surface area contributed by atoms with Crippen LogP contribution in [-0.4, -0.2) is 58.0 Å². The minimum Gasteiger partial charge on any atom is -0.497 e. The highest BCUT2D eigenvalue weighted by molar-refractivity contribution is 7.92. The maximum absolute atomic E-state index is 14.7. The molecule has 9 nitrogen and oxygen atoms in total. The van der Waals surface area contributed by atoms with Crippen LogP contribution in [-0.2, 0) is 32.6 Å². The molecule has 0 fully saturated rings. The van der Waals surface area contributed by atoms with Gasteiger partial charge in [-0.2, -0.15) is 0 Å². The Bertz CT molecular complexity index is 1820. The summed E-state index contributed by atoms with van der Waals surface area (Å²) in [6, 6.07) is 23.9. The van der Waals surface area contributed by atoms with Crippen LogP contribution >= 0.6 is 23.2 Å². The Morgan fingerprint density at radius 1 is 0.854 bits per heavy atom. The van der Waals surface area contributed by atoms with E-state index in [1.165, 1.54) is 37.3 Å². The number of amides is 2. The fourth-order valence-electron chi connectivity index (χ4n) is 5.13. The fraction of sp³-hybridized carbons (Fsp3) is 0.278. The molecule has 0 aliphatic carbocycles. The maximum atomic E-state index is 14.7. The van der Waals surface area contributed by atoms with Gasteiger partial charge in [-0.05, 0) is 62.7 Å². The first-order valence-electron chi connectivity index (χ1n) is 15.2. The van der Waals surface area contributed by atoms with E-state index in [1.54, 1.807) is 42.5 Å². The lowest BCUT2D eigenvalue weighted by atomic mass is 10.0. The summed E-state index contributed by atoms with van der Waals surface area (Å²) < 4.78 is 40.8. The van der Waals surface area contributed by atoms with Crippen LogP contribution in [0.15, 0.2) is 95.9 Å². The molecule has 12 heteroatoms. The molecule has 4 aromatic rings. The monoisotopic (exact) mass is 711 g/mol. The third-order valence-electron chi connectivity index (χ3n) is 7.63. The first-order valence-corrected chi connectivity index (χ1v) is 17.4. The summed E-state index contributed by atoms with van der Waals surface area (Å²) in [6.07, 6.45) is 0.139. The molecule has 2 amide bonds. The van der Waals surface area contributed by atoms with Gasteiger partial charge in [0.15, 0.2) is 0 Å². The molecule has 4 rings (SSSR count). The molecule has 1 atom stereocenters. The van der Waals surface area contributed by atoms with Crippen molar-refractivity contribution in [2.75, 3.05) is 25.1 Å². The number of benzene rings is 4. The van der Waals surface area contributed by atoms with E-state index in [2.05, 4.69) is 5.32 Å². The highest BCUT2D eigenvalue weighted by atomic mass is 35.5. The molecule has 0 aliphatic rings. The molecular formula is C36H39Cl2N3O6S. The number of ether oxygens (including phenoxy) is 2. The van der Waals surface area contributed by atoms with Gasteiger partial charge in [0.2, 0.25) is 11.8 Å². The van der Waals surface area contributed by atoms with Gasteiger partial charge in [-0.3, -0.25) is 13.9 Å².